The number of carbonyl (C=O) groups is 1. The van der Waals surface area contributed by atoms with Gasteiger partial charge in [-0.05, 0) is 0 Å². The zero-order valence-electron chi connectivity index (χ0n) is 6.04. The smallest absolute Gasteiger partial charge is 0.306 e. The Morgan fingerprint density at radius 3 is 3.33 bits per heavy atom. The van der Waals surface area contributed by atoms with Gasteiger partial charge in [0.05, 0.1) is 13.0 Å². The fourth-order valence-corrected chi connectivity index (χ4v) is 0.845. The van der Waals surface area contributed by atoms with Crippen molar-refractivity contribution < 1.29 is 16.0 Å². The van der Waals surface area contributed by atoms with Crippen LogP contribution in [-0.4, -0.2) is 23.8 Å². The fourth-order valence-electron chi connectivity index (χ4n) is 0.845. The van der Waals surface area contributed by atoms with Crippen molar-refractivity contribution in [3.8, 4) is 0 Å². The molecule has 0 bridgehead atoms. The quantitative estimate of drug-likeness (QED) is 0.507. The monoisotopic (exact) mass is 131 g/mol. The molecule has 1 heterocycles. The molecule has 9 heavy (non-hydrogen) atoms. The van der Waals surface area contributed by atoms with Gasteiger partial charge in [-0.15, -0.1) is 0 Å². The number of aliphatic hydroxyl groups excluding tert-OH is 1. The maximum Gasteiger partial charge on any atom is 0.306 e. The van der Waals surface area contributed by atoms with Crippen LogP contribution in [0, 0.1) is 5.92 Å². The van der Waals surface area contributed by atoms with Gasteiger partial charge in [-0.3, -0.25) is 4.79 Å². The van der Waals surface area contributed by atoms with Crippen LogP contribution < -0.4 is 0 Å². The number of hydrogen-bond donors (Lipinski definition) is 1. The molecule has 1 rings (SSSR count). The Bertz CT molecular complexity index is 123. The lowest BCUT2D eigenvalue weighted by Crippen LogP contribution is -2.17. The first-order valence-corrected chi connectivity index (χ1v) is 2.87. The van der Waals surface area contributed by atoms with Gasteiger partial charge < -0.3 is 9.84 Å². The van der Waals surface area contributed by atoms with Crippen LogP contribution in [0.15, 0.2) is 0 Å². The van der Waals surface area contributed by atoms with E-state index in [-0.39, 0.29) is 31.8 Å². The Balaban J connectivity index is 2.48. The number of ether oxygens (including phenoxy) is 1. The van der Waals surface area contributed by atoms with E-state index < -0.39 is 6.10 Å². The third-order valence-electron chi connectivity index (χ3n) is 1.42. The van der Waals surface area contributed by atoms with Crippen molar-refractivity contribution in [2.45, 2.75) is 19.4 Å². The highest BCUT2D eigenvalue weighted by Crippen LogP contribution is 2.20. The van der Waals surface area contributed by atoms with Gasteiger partial charge in [-0.2, -0.15) is 0 Å². The highest BCUT2D eigenvalue weighted by Gasteiger charge is 2.30. The van der Waals surface area contributed by atoms with Gasteiger partial charge in [0.15, 0.2) is 0 Å². The summed E-state index contributed by atoms with van der Waals surface area (Å²) in [6.07, 6.45) is -0.139. The lowest BCUT2D eigenvalue weighted by Gasteiger charge is -2.07. The second-order valence-corrected chi connectivity index (χ2v) is 2.18. The number of rotatable bonds is 1. The van der Waals surface area contributed by atoms with Crippen LogP contribution in [0.25, 0.3) is 0 Å². The van der Waals surface area contributed by atoms with Crippen LogP contribution in [0.2, 0.25) is 0 Å². The van der Waals surface area contributed by atoms with Crippen LogP contribution >= 0.6 is 0 Å². The molecule has 0 spiro atoms. The van der Waals surface area contributed by atoms with Crippen molar-refractivity contribution in [3.63, 3.8) is 0 Å². The minimum absolute atomic E-state index is 0.0995. The summed E-state index contributed by atoms with van der Waals surface area (Å²) in [4.78, 5) is 10.6. The predicted molar refractivity (Wildman–Crippen MR) is 30.7 cm³/mol. The number of aliphatic hydroxyl groups is 1. The molecule has 52 valence electrons. The minimum atomic E-state index is -0.426. The summed E-state index contributed by atoms with van der Waals surface area (Å²) in [6, 6.07) is 0. The van der Waals surface area contributed by atoms with Gasteiger partial charge in [-0.25, -0.2) is 0 Å². The van der Waals surface area contributed by atoms with E-state index in [1.54, 1.807) is 0 Å². The van der Waals surface area contributed by atoms with E-state index in [0.29, 0.717) is 0 Å². The second-order valence-electron chi connectivity index (χ2n) is 2.18. The molecule has 0 aromatic carbocycles. The lowest BCUT2D eigenvalue weighted by atomic mass is 10.1. The van der Waals surface area contributed by atoms with Crippen molar-refractivity contribution in [2.24, 2.45) is 5.92 Å². The number of carbonyl (C=O) groups excluding carboxylic acids is 1. The molecule has 0 aliphatic carbocycles. The number of hydrogen-bond acceptors (Lipinski definition) is 3. The average molecular weight is 131 g/mol. The number of cyclic esters (lactones) is 1. The van der Waals surface area contributed by atoms with E-state index in [0.717, 1.165) is 0 Å². The van der Waals surface area contributed by atoms with E-state index in [1.807, 2.05) is 0 Å². The van der Waals surface area contributed by atoms with Crippen LogP contribution in [0.3, 0.4) is 0 Å². The van der Waals surface area contributed by atoms with Crippen molar-refractivity contribution in [2.75, 3.05) is 6.61 Å². The summed E-state index contributed by atoms with van der Waals surface area (Å²) in [6.45, 7) is -0.00769. The van der Waals surface area contributed by atoms with Crippen LogP contribution in [0.5, 0.6) is 0 Å². The molecular weight excluding hydrogens is 120 g/mol. The summed E-state index contributed by atoms with van der Waals surface area (Å²) in [5.41, 5.74) is 0. The highest BCUT2D eigenvalue weighted by atomic mass is 16.6. The largest absolute Gasteiger partial charge is 0.460 e. The Hall–Kier alpha value is -0.570. The summed E-state index contributed by atoms with van der Waals surface area (Å²) in [5.74, 6) is -0.395. The first-order chi connectivity index (χ1) is 4.77. The highest BCUT2D eigenvalue weighted by molar-refractivity contribution is 5.71. The normalized spacial score (nSPS) is 36.1. The SMILES string of the molecule is [2H]C[C@H]1CC(=O)O[C@@H]1CO. The maximum absolute atomic E-state index is 10.6. The molecule has 0 unspecified atom stereocenters. The molecule has 1 fully saturated rings. The Kier molecular flexibility index (Phi) is 1.37. The fraction of sp³-hybridized carbons (Fsp3) is 0.833. The standard InChI is InChI=1S/C6H10O3/c1-4-2-6(8)9-5(4)3-7/h4-5,7H,2-3H2,1H3/t4-,5+/m0/s1/i1D. The van der Waals surface area contributed by atoms with Crippen LogP contribution in [0.1, 0.15) is 14.7 Å². The van der Waals surface area contributed by atoms with Gasteiger partial charge in [0.25, 0.3) is 0 Å². The zero-order valence-corrected chi connectivity index (χ0v) is 5.04. The molecule has 0 aromatic rings. The summed E-state index contributed by atoms with van der Waals surface area (Å²) < 4.78 is 11.7. The first-order valence-electron chi connectivity index (χ1n) is 3.58. The minimum Gasteiger partial charge on any atom is -0.460 e. The molecule has 3 heteroatoms. The molecule has 1 saturated heterocycles. The topological polar surface area (TPSA) is 46.5 Å². The van der Waals surface area contributed by atoms with Crippen LogP contribution in [-0.2, 0) is 9.53 Å². The molecule has 0 radical (unpaired) electrons. The molecule has 1 aliphatic rings. The third-order valence-corrected chi connectivity index (χ3v) is 1.42. The van der Waals surface area contributed by atoms with Crippen LogP contribution in [0.4, 0.5) is 0 Å². The van der Waals surface area contributed by atoms with Crippen molar-refractivity contribution in [1.29, 1.82) is 0 Å². The Morgan fingerprint density at radius 2 is 2.89 bits per heavy atom. The van der Waals surface area contributed by atoms with Gasteiger partial charge in [0, 0.05) is 7.29 Å². The molecule has 1 N–H and O–H groups in total. The molecule has 0 aromatic heterocycles. The molecule has 0 saturated carbocycles. The molecular formula is C6H10O3. The van der Waals surface area contributed by atoms with Gasteiger partial charge >= 0.3 is 5.97 Å². The van der Waals surface area contributed by atoms with E-state index in [9.17, 15) is 4.79 Å². The summed E-state index contributed by atoms with van der Waals surface area (Å²) >= 11 is 0. The maximum atomic E-state index is 10.6. The molecule has 3 nitrogen and oxygen atoms in total. The Labute approximate surface area is 55.0 Å². The summed E-state index contributed by atoms with van der Waals surface area (Å²) in [5, 5.41) is 8.62. The van der Waals surface area contributed by atoms with Crippen molar-refractivity contribution in [3.05, 3.63) is 0 Å². The van der Waals surface area contributed by atoms with Gasteiger partial charge in [0.1, 0.15) is 6.10 Å². The van der Waals surface area contributed by atoms with Gasteiger partial charge in [-0.1, -0.05) is 6.90 Å². The van der Waals surface area contributed by atoms with Crippen molar-refractivity contribution in [1.82, 2.24) is 0 Å². The summed E-state index contributed by atoms with van der Waals surface area (Å²) in [7, 11) is 0. The lowest BCUT2D eigenvalue weighted by molar-refractivity contribution is -0.142. The van der Waals surface area contributed by atoms with E-state index >= 15 is 0 Å². The zero-order chi connectivity index (χ0) is 7.56. The van der Waals surface area contributed by atoms with Crippen molar-refractivity contribution >= 4 is 5.97 Å². The molecule has 1 aliphatic heterocycles. The first kappa shape index (κ1) is 5.23. The molecule has 0 amide bonds. The third kappa shape index (κ3) is 1.21. The average Bonchev–Trinajstić information content (AvgIpc) is 2.30. The second kappa shape index (κ2) is 2.35. The number of esters is 1. The Morgan fingerprint density at radius 1 is 2.11 bits per heavy atom. The van der Waals surface area contributed by atoms with E-state index in [4.69, 9.17) is 11.2 Å². The van der Waals surface area contributed by atoms with Gasteiger partial charge in [0.2, 0.25) is 0 Å². The predicted octanol–water partition coefficient (Wildman–Crippen LogP) is -0.0697. The van der Waals surface area contributed by atoms with E-state index in [2.05, 4.69) is 0 Å². The van der Waals surface area contributed by atoms with E-state index in [1.165, 1.54) is 0 Å². The molecule has 2 atom stereocenters.